The molecule has 1 aliphatic heterocycles. The molecule has 0 aromatic heterocycles. The first-order valence-corrected chi connectivity index (χ1v) is 8.06. The third-order valence-corrected chi connectivity index (χ3v) is 3.76. The predicted molar refractivity (Wildman–Crippen MR) is 92.5 cm³/mol. The minimum atomic E-state index is -1.04. The van der Waals surface area contributed by atoms with E-state index in [2.05, 4.69) is 5.32 Å². The molecule has 5 nitrogen and oxygen atoms in total. The molecule has 1 aliphatic rings. The molecule has 1 heterocycles. The number of halogens is 2. The molecule has 1 saturated heterocycles. The lowest BCUT2D eigenvalue weighted by Gasteiger charge is -2.13. The maximum Gasteiger partial charge on any atom is 0.377 e. The van der Waals surface area contributed by atoms with Crippen LogP contribution >= 0.6 is 23.2 Å². The van der Waals surface area contributed by atoms with Crippen LogP contribution in [-0.4, -0.2) is 24.2 Å². The molecule has 1 N–H and O–H groups in total. The van der Waals surface area contributed by atoms with Crippen molar-refractivity contribution >= 4 is 41.2 Å². The molecule has 24 heavy (non-hydrogen) atoms. The van der Waals surface area contributed by atoms with E-state index in [0.717, 1.165) is 11.6 Å². The smallest absolute Gasteiger partial charge is 0.377 e. The zero-order valence-corrected chi connectivity index (χ0v) is 14.8. The fourth-order valence-electron chi connectivity index (χ4n) is 1.97. The highest BCUT2D eigenvalue weighted by atomic mass is 35.5. The van der Waals surface area contributed by atoms with E-state index < -0.39 is 17.7 Å². The molecule has 1 aromatic carbocycles. The maximum atomic E-state index is 11.7. The lowest BCUT2D eigenvalue weighted by atomic mass is 10.2. The van der Waals surface area contributed by atoms with E-state index >= 15 is 0 Å². The van der Waals surface area contributed by atoms with Crippen molar-refractivity contribution in [3.8, 4) is 0 Å². The minimum absolute atomic E-state index is 0.0937. The van der Waals surface area contributed by atoms with Gasteiger partial charge in [-0.1, -0.05) is 41.4 Å². The molecule has 1 fully saturated rings. The fourth-order valence-corrected chi connectivity index (χ4v) is 2.28. The summed E-state index contributed by atoms with van der Waals surface area (Å²) in [4.78, 5) is 23.2. The lowest BCUT2D eigenvalue weighted by Crippen LogP contribution is -2.23. The standard InChI is InChI=1S/C17H17Cl2NO4/c1-17(2)23-14(16(22)24-17)10-15(21)20-8-4-3-5-11-6-7-12(18)13(19)9-11/h3,5-7,9-10H,4,8H2,1-2H3,(H,20,21)/b5-3+,14-10?. The topological polar surface area (TPSA) is 64.6 Å². The van der Waals surface area contributed by atoms with Crippen molar-refractivity contribution < 1.29 is 19.1 Å². The Labute approximate surface area is 150 Å². The highest BCUT2D eigenvalue weighted by Gasteiger charge is 2.37. The van der Waals surface area contributed by atoms with Gasteiger partial charge in [0.15, 0.2) is 0 Å². The Morgan fingerprint density at radius 3 is 2.62 bits per heavy atom. The van der Waals surface area contributed by atoms with Gasteiger partial charge in [0.05, 0.1) is 16.1 Å². The molecule has 0 bridgehead atoms. The molecule has 0 atom stereocenters. The number of esters is 1. The number of hydrogen-bond donors (Lipinski definition) is 1. The number of nitrogens with one attached hydrogen (secondary N) is 1. The van der Waals surface area contributed by atoms with Gasteiger partial charge in [0.25, 0.3) is 0 Å². The second-order valence-electron chi connectivity index (χ2n) is 5.56. The number of hydrogen-bond acceptors (Lipinski definition) is 4. The summed E-state index contributed by atoms with van der Waals surface area (Å²) >= 11 is 11.8. The molecule has 0 saturated carbocycles. The van der Waals surface area contributed by atoms with E-state index in [0.29, 0.717) is 23.0 Å². The largest absolute Gasteiger partial charge is 0.445 e. The molecule has 0 unspecified atom stereocenters. The fraction of sp³-hybridized carbons (Fsp3) is 0.294. The molecule has 1 amide bonds. The van der Waals surface area contributed by atoms with Crippen LogP contribution in [0.2, 0.25) is 10.0 Å². The zero-order valence-electron chi connectivity index (χ0n) is 13.3. The first-order valence-electron chi connectivity index (χ1n) is 7.30. The van der Waals surface area contributed by atoms with Crippen molar-refractivity contribution in [2.45, 2.75) is 26.1 Å². The summed E-state index contributed by atoms with van der Waals surface area (Å²) in [6.07, 6.45) is 5.49. The average Bonchev–Trinajstić information content (AvgIpc) is 2.74. The minimum Gasteiger partial charge on any atom is -0.445 e. The molecule has 7 heteroatoms. The summed E-state index contributed by atoms with van der Waals surface area (Å²) in [6.45, 7) is 3.60. The molecule has 128 valence electrons. The van der Waals surface area contributed by atoms with E-state index in [1.165, 1.54) is 0 Å². The van der Waals surface area contributed by atoms with E-state index in [4.69, 9.17) is 32.7 Å². The predicted octanol–water partition coefficient (Wildman–Crippen LogP) is 3.71. The Balaban J connectivity index is 1.78. The molecule has 0 radical (unpaired) electrons. The molecule has 0 aliphatic carbocycles. The Morgan fingerprint density at radius 1 is 1.25 bits per heavy atom. The molecular weight excluding hydrogens is 353 g/mol. The van der Waals surface area contributed by atoms with Crippen LogP contribution in [0.1, 0.15) is 25.8 Å². The number of ether oxygens (including phenoxy) is 2. The van der Waals surface area contributed by atoms with Crippen LogP contribution in [0.3, 0.4) is 0 Å². The van der Waals surface area contributed by atoms with Crippen LogP contribution in [0.25, 0.3) is 6.08 Å². The number of cyclic esters (lactones) is 1. The maximum absolute atomic E-state index is 11.7. The van der Waals surface area contributed by atoms with Crippen LogP contribution in [-0.2, 0) is 19.1 Å². The van der Waals surface area contributed by atoms with Crippen LogP contribution < -0.4 is 5.32 Å². The second-order valence-corrected chi connectivity index (χ2v) is 6.37. The number of rotatable bonds is 5. The van der Waals surface area contributed by atoms with Gasteiger partial charge in [-0.25, -0.2) is 4.79 Å². The Morgan fingerprint density at radius 2 is 2.00 bits per heavy atom. The summed E-state index contributed by atoms with van der Waals surface area (Å²) in [5.41, 5.74) is 0.919. The van der Waals surface area contributed by atoms with Gasteiger partial charge >= 0.3 is 5.97 Å². The number of carbonyl (C=O) groups is 2. The summed E-state index contributed by atoms with van der Waals surface area (Å²) in [5.74, 6) is -2.19. The van der Waals surface area contributed by atoms with Crippen LogP contribution in [0, 0.1) is 0 Å². The van der Waals surface area contributed by atoms with Crippen LogP contribution in [0.15, 0.2) is 36.1 Å². The molecule has 0 spiro atoms. The summed E-state index contributed by atoms with van der Waals surface area (Å²) in [6, 6.07) is 5.33. The Bertz CT molecular complexity index is 711. The van der Waals surface area contributed by atoms with Gasteiger partial charge in [0.1, 0.15) is 0 Å². The van der Waals surface area contributed by atoms with Crippen molar-refractivity contribution in [3.05, 3.63) is 51.7 Å². The van der Waals surface area contributed by atoms with E-state index in [1.54, 1.807) is 26.0 Å². The summed E-state index contributed by atoms with van der Waals surface area (Å²) < 4.78 is 10.2. The van der Waals surface area contributed by atoms with Crippen molar-refractivity contribution in [1.29, 1.82) is 0 Å². The van der Waals surface area contributed by atoms with Crippen molar-refractivity contribution in [3.63, 3.8) is 0 Å². The lowest BCUT2D eigenvalue weighted by molar-refractivity contribution is -0.159. The van der Waals surface area contributed by atoms with Gasteiger partial charge in [0.2, 0.25) is 17.5 Å². The Hall–Kier alpha value is -1.98. The van der Waals surface area contributed by atoms with Crippen LogP contribution in [0.5, 0.6) is 0 Å². The number of benzene rings is 1. The van der Waals surface area contributed by atoms with Gasteiger partial charge < -0.3 is 14.8 Å². The molecule has 1 aromatic rings. The first-order chi connectivity index (χ1) is 11.3. The van der Waals surface area contributed by atoms with Gasteiger partial charge in [-0.05, 0) is 24.1 Å². The zero-order chi connectivity index (χ0) is 17.7. The molecular formula is C17H17Cl2NO4. The van der Waals surface area contributed by atoms with Gasteiger partial charge in [-0.15, -0.1) is 0 Å². The Kier molecular flexibility index (Phi) is 5.91. The number of amides is 1. The summed E-state index contributed by atoms with van der Waals surface area (Å²) in [5, 5.41) is 3.66. The highest BCUT2D eigenvalue weighted by Crippen LogP contribution is 2.26. The average molecular weight is 370 g/mol. The van der Waals surface area contributed by atoms with Gasteiger partial charge in [-0.2, -0.15) is 0 Å². The van der Waals surface area contributed by atoms with Crippen molar-refractivity contribution in [2.24, 2.45) is 0 Å². The summed E-state index contributed by atoms with van der Waals surface area (Å²) in [7, 11) is 0. The monoisotopic (exact) mass is 369 g/mol. The van der Waals surface area contributed by atoms with Crippen molar-refractivity contribution in [2.75, 3.05) is 6.54 Å². The second kappa shape index (κ2) is 7.73. The van der Waals surface area contributed by atoms with Crippen LogP contribution in [0.4, 0.5) is 0 Å². The van der Waals surface area contributed by atoms with E-state index in [-0.39, 0.29) is 5.76 Å². The van der Waals surface area contributed by atoms with Gasteiger partial charge in [-0.3, -0.25) is 4.79 Å². The quantitative estimate of drug-likeness (QED) is 0.488. The normalized spacial score (nSPS) is 17.8. The van der Waals surface area contributed by atoms with Crippen molar-refractivity contribution in [1.82, 2.24) is 5.32 Å². The highest BCUT2D eigenvalue weighted by molar-refractivity contribution is 6.42. The first kappa shape index (κ1) is 18.4. The van der Waals surface area contributed by atoms with Gasteiger partial charge in [0, 0.05) is 20.4 Å². The third-order valence-electron chi connectivity index (χ3n) is 3.02. The number of carbonyl (C=O) groups excluding carboxylic acids is 2. The van der Waals surface area contributed by atoms with E-state index in [1.807, 2.05) is 18.2 Å². The van der Waals surface area contributed by atoms with E-state index in [9.17, 15) is 9.59 Å². The third kappa shape index (κ3) is 5.28. The SMILES string of the molecule is CC1(C)OC(=O)C(=CC(=O)NCC/C=C/c2ccc(Cl)c(Cl)c2)O1. The molecule has 2 rings (SSSR count).